The standard InChI is InChI=1S/C13H18N4OS/c1-14-11-8-12(17-13(16-11)9-18-2)15-6-5-10-4-3-7-19-10/h3-4,7-8H,5-6,9H2,1-2H3,(H2,14,15,16,17). The van der Waals surface area contributed by atoms with E-state index < -0.39 is 0 Å². The van der Waals surface area contributed by atoms with Gasteiger partial charge in [0.05, 0.1) is 0 Å². The highest BCUT2D eigenvalue weighted by Gasteiger charge is 2.03. The number of nitrogens with one attached hydrogen (secondary N) is 2. The van der Waals surface area contributed by atoms with Crippen molar-refractivity contribution >= 4 is 23.0 Å². The lowest BCUT2D eigenvalue weighted by atomic mass is 10.3. The molecule has 0 aliphatic rings. The summed E-state index contributed by atoms with van der Waals surface area (Å²) < 4.78 is 5.07. The molecule has 2 N–H and O–H groups in total. The molecular weight excluding hydrogens is 260 g/mol. The molecule has 5 nitrogen and oxygen atoms in total. The van der Waals surface area contributed by atoms with Crippen molar-refractivity contribution in [2.24, 2.45) is 0 Å². The van der Waals surface area contributed by atoms with Crippen LogP contribution in [0.15, 0.2) is 23.6 Å². The number of rotatable bonds is 7. The fourth-order valence-corrected chi connectivity index (χ4v) is 2.39. The third-order valence-electron chi connectivity index (χ3n) is 2.56. The normalized spacial score (nSPS) is 10.4. The first kappa shape index (κ1) is 13.8. The van der Waals surface area contributed by atoms with E-state index in [0.717, 1.165) is 24.6 Å². The summed E-state index contributed by atoms with van der Waals surface area (Å²) in [5.74, 6) is 2.29. The van der Waals surface area contributed by atoms with E-state index in [1.54, 1.807) is 18.4 Å². The molecule has 2 rings (SSSR count). The Bertz CT molecular complexity index is 501. The molecule has 0 aliphatic heterocycles. The first-order valence-corrected chi connectivity index (χ1v) is 7.00. The molecule has 0 bridgehead atoms. The maximum Gasteiger partial charge on any atom is 0.158 e. The van der Waals surface area contributed by atoms with Crippen LogP contribution in [-0.2, 0) is 17.8 Å². The molecule has 2 aromatic heterocycles. The number of thiophene rings is 1. The zero-order valence-electron chi connectivity index (χ0n) is 11.1. The van der Waals surface area contributed by atoms with Gasteiger partial charge in [0.25, 0.3) is 0 Å². The second kappa shape index (κ2) is 7.06. The van der Waals surface area contributed by atoms with Crippen LogP contribution in [0.25, 0.3) is 0 Å². The monoisotopic (exact) mass is 278 g/mol. The number of ether oxygens (including phenoxy) is 1. The molecule has 0 aliphatic carbocycles. The molecule has 2 heterocycles. The minimum Gasteiger partial charge on any atom is -0.377 e. The molecule has 0 radical (unpaired) electrons. The molecule has 19 heavy (non-hydrogen) atoms. The highest BCUT2D eigenvalue weighted by molar-refractivity contribution is 7.09. The van der Waals surface area contributed by atoms with Crippen LogP contribution in [0.5, 0.6) is 0 Å². The van der Waals surface area contributed by atoms with Crippen LogP contribution in [0.1, 0.15) is 10.7 Å². The largest absolute Gasteiger partial charge is 0.377 e. The third kappa shape index (κ3) is 4.18. The van der Waals surface area contributed by atoms with Crippen molar-refractivity contribution in [1.82, 2.24) is 9.97 Å². The number of hydrogen-bond acceptors (Lipinski definition) is 6. The third-order valence-corrected chi connectivity index (χ3v) is 3.50. The molecule has 0 unspecified atom stereocenters. The fourth-order valence-electron chi connectivity index (χ4n) is 1.68. The molecule has 0 saturated heterocycles. The van der Waals surface area contributed by atoms with Crippen LogP contribution in [0.2, 0.25) is 0 Å². The maximum atomic E-state index is 5.07. The molecule has 2 aromatic rings. The van der Waals surface area contributed by atoms with Gasteiger partial charge >= 0.3 is 0 Å². The summed E-state index contributed by atoms with van der Waals surface area (Å²) in [4.78, 5) is 10.1. The number of hydrogen-bond donors (Lipinski definition) is 2. The van der Waals surface area contributed by atoms with Gasteiger partial charge in [-0.05, 0) is 17.9 Å². The van der Waals surface area contributed by atoms with E-state index in [1.807, 2.05) is 13.1 Å². The molecular formula is C13H18N4OS. The van der Waals surface area contributed by atoms with Gasteiger partial charge in [-0.15, -0.1) is 11.3 Å². The first-order chi connectivity index (χ1) is 9.31. The van der Waals surface area contributed by atoms with Gasteiger partial charge in [0.1, 0.15) is 18.2 Å². The first-order valence-electron chi connectivity index (χ1n) is 6.12. The minimum atomic E-state index is 0.412. The maximum absolute atomic E-state index is 5.07. The lowest BCUT2D eigenvalue weighted by Gasteiger charge is -2.09. The number of aromatic nitrogens is 2. The second-order valence-corrected chi connectivity index (χ2v) is 5.03. The van der Waals surface area contributed by atoms with Crippen molar-refractivity contribution in [2.45, 2.75) is 13.0 Å². The molecule has 0 saturated carbocycles. The summed E-state index contributed by atoms with van der Waals surface area (Å²) in [7, 11) is 3.48. The lowest BCUT2D eigenvalue weighted by Crippen LogP contribution is -2.09. The van der Waals surface area contributed by atoms with Gasteiger partial charge in [-0.25, -0.2) is 9.97 Å². The van der Waals surface area contributed by atoms with E-state index in [0.29, 0.717) is 12.4 Å². The number of nitrogens with zero attached hydrogens (tertiary/aromatic N) is 2. The summed E-state index contributed by atoms with van der Waals surface area (Å²) in [6.45, 7) is 1.27. The fraction of sp³-hybridized carbons (Fsp3) is 0.385. The van der Waals surface area contributed by atoms with Crippen molar-refractivity contribution in [3.05, 3.63) is 34.3 Å². The van der Waals surface area contributed by atoms with Gasteiger partial charge in [0.2, 0.25) is 0 Å². The number of methoxy groups -OCH3 is 1. The van der Waals surface area contributed by atoms with Crippen molar-refractivity contribution in [1.29, 1.82) is 0 Å². The van der Waals surface area contributed by atoms with E-state index in [2.05, 4.69) is 38.1 Å². The minimum absolute atomic E-state index is 0.412. The summed E-state index contributed by atoms with van der Waals surface area (Å²) in [6.07, 6.45) is 0.996. The lowest BCUT2D eigenvalue weighted by molar-refractivity contribution is 0.178. The summed E-state index contributed by atoms with van der Waals surface area (Å²) in [6, 6.07) is 6.11. The Balaban J connectivity index is 1.96. The van der Waals surface area contributed by atoms with Crippen LogP contribution >= 0.6 is 11.3 Å². The van der Waals surface area contributed by atoms with E-state index in [1.165, 1.54) is 4.88 Å². The Morgan fingerprint density at radius 1 is 1.32 bits per heavy atom. The van der Waals surface area contributed by atoms with Crippen LogP contribution in [0, 0.1) is 0 Å². The molecule has 0 atom stereocenters. The summed E-state index contributed by atoms with van der Waals surface area (Å²) in [5.41, 5.74) is 0. The molecule has 102 valence electrons. The topological polar surface area (TPSA) is 59.1 Å². The number of anilines is 2. The highest BCUT2D eigenvalue weighted by Crippen LogP contribution is 2.13. The smallest absolute Gasteiger partial charge is 0.158 e. The van der Waals surface area contributed by atoms with Crippen LogP contribution in [0.3, 0.4) is 0 Å². The SMILES string of the molecule is CNc1cc(NCCc2cccs2)nc(COC)n1. The average molecular weight is 278 g/mol. The van der Waals surface area contributed by atoms with Gasteiger partial charge in [-0.3, -0.25) is 0 Å². The Labute approximate surface area is 117 Å². The molecule has 6 heteroatoms. The molecule has 0 amide bonds. The van der Waals surface area contributed by atoms with Gasteiger partial charge in [-0.2, -0.15) is 0 Å². The predicted molar refractivity (Wildman–Crippen MR) is 78.8 cm³/mol. The Hall–Kier alpha value is -1.66. The molecule has 0 spiro atoms. The van der Waals surface area contributed by atoms with Crippen LogP contribution in [0.4, 0.5) is 11.6 Å². The van der Waals surface area contributed by atoms with E-state index >= 15 is 0 Å². The van der Waals surface area contributed by atoms with Crippen molar-refractivity contribution in [3.63, 3.8) is 0 Å². The van der Waals surface area contributed by atoms with Gasteiger partial charge < -0.3 is 15.4 Å². The van der Waals surface area contributed by atoms with E-state index in [9.17, 15) is 0 Å². The van der Waals surface area contributed by atoms with Gasteiger partial charge in [0.15, 0.2) is 5.82 Å². The van der Waals surface area contributed by atoms with Crippen LogP contribution in [-0.4, -0.2) is 30.7 Å². The van der Waals surface area contributed by atoms with Crippen LogP contribution < -0.4 is 10.6 Å². The van der Waals surface area contributed by atoms with E-state index in [-0.39, 0.29) is 0 Å². The van der Waals surface area contributed by atoms with Gasteiger partial charge in [0, 0.05) is 31.6 Å². The van der Waals surface area contributed by atoms with Crippen molar-refractivity contribution < 1.29 is 4.74 Å². The molecule has 0 fully saturated rings. The van der Waals surface area contributed by atoms with Crippen molar-refractivity contribution in [3.8, 4) is 0 Å². The summed E-state index contributed by atoms with van der Waals surface area (Å²) >= 11 is 1.77. The Morgan fingerprint density at radius 3 is 2.84 bits per heavy atom. The molecule has 0 aromatic carbocycles. The predicted octanol–water partition coefficient (Wildman–Crippen LogP) is 2.38. The van der Waals surface area contributed by atoms with Crippen molar-refractivity contribution in [2.75, 3.05) is 31.3 Å². The summed E-state index contributed by atoms with van der Waals surface area (Å²) in [5, 5.41) is 8.44. The van der Waals surface area contributed by atoms with E-state index in [4.69, 9.17) is 4.74 Å². The Kier molecular flexibility index (Phi) is 5.11. The highest BCUT2D eigenvalue weighted by atomic mass is 32.1. The van der Waals surface area contributed by atoms with Gasteiger partial charge in [-0.1, -0.05) is 6.07 Å². The second-order valence-electron chi connectivity index (χ2n) is 3.99. The quantitative estimate of drug-likeness (QED) is 0.814. The average Bonchev–Trinajstić information content (AvgIpc) is 2.92. The zero-order chi connectivity index (χ0) is 13.5. The zero-order valence-corrected chi connectivity index (χ0v) is 12.0. The Morgan fingerprint density at radius 2 is 2.16 bits per heavy atom.